The van der Waals surface area contributed by atoms with Crippen LogP contribution in [0.25, 0.3) is 110 Å². The van der Waals surface area contributed by atoms with Crippen LogP contribution in [-0.4, -0.2) is 0 Å². The Balaban J connectivity index is 0.990. The summed E-state index contributed by atoms with van der Waals surface area (Å²) in [6.45, 7) is 0. The molecule has 0 aliphatic rings. The van der Waals surface area contributed by atoms with Crippen LogP contribution in [0.5, 0.6) is 0 Å². The smallest absolute Gasteiger partial charge is 0.159 e. The molecule has 0 aliphatic carbocycles. The minimum Gasteiger partial charge on any atom is -0.454 e. The molecule has 0 saturated carbocycles. The Morgan fingerprint density at radius 3 is 0.923 bits per heavy atom. The van der Waals surface area contributed by atoms with E-state index in [4.69, 9.17) is 8.83 Å². The number of hydrogen-bond acceptors (Lipinski definition) is 4. The molecule has 0 amide bonds. The van der Waals surface area contributed by atoms with Gasteiger partial charge in [0.2, 0.25) is 0 Å². The first-order valence-electron chi connectivity index (χ1n) is 26.6. The molecule has 0 bridgehead atoms. The number of nitrogens with zero attached hydrogens (tertiary/aromatic N) is 2. The van der Waals surface area contributed by atoms with Gasteiger partial charge < -0.3 is 18.6 Å². The van der Waals surface area contributed by atoms with Crippen molar-refractivity contribution in [2.75, 3.05) is 9.80 Å². The topological polar surface area (TPSA) is 32.8 Å². The van der Waals surface area contributed by atoms with Crippen LogP contribution in [0, 0.1) is 0 Å². The number of para-hydroxylation sites is 4. The fourth-order valence-corrected chi connectivity index (χ4v) is 11.9. The molecule has 0 atom stereocenters. The Hall–Kier alpha value is -10.4. The second kappa shape index (κ2) is 18.7. The van der Waals surface area contributed by atoms with Crippen LogP contribution in [0.1, 0.15) is 0 Å². The second-order valence-corrected chi connectivity index (χ2v) is 19.9. The van der Waals surface area contributed by atoms with Crippen LogP contribution in [0.3, 0.4) is 0 Å². The summed E-state index contributed by atoms with van der Waals surface area (Å²) in [7, 11) is 0. The van der Waals surface area contributed by atoms with Crippen molar-refractivity contribution in [2.45, 2.75) is 0 Å². The Bertz CT molecular complexity index is 4400. The molecule has 2 heterocycles. The highest BCUT2D eigenvalue weighted by molar-refractivity contribution is 6.23. The van der Waals surface area contributed by atoms with Crippen LogP contribution >= 0.6 is 0 Å². The summed E-state index contributed by atoms with van der Waals surface area (Å²) in [5.74, 6) is 0. The highest BCUT2D eigenvalue weighted by Gasteiger charge is 2.25. The number of anilines is 6. The molecular weight excluding hydrogens is 949 g/mol. The van der Waals surface area contributed by atoms with Crippen molar-refractivity contribution in [3.05, 3.63) is 291 Å². The molecule has 4 nitrogen and oxygen atoms in total. The number of hydrogen-bond donors (Lipinski definition) is 0. The lowest BCUT2D eigenvalue weighted by atomic mass is 9.85. The van der Waals surface area contributed by atoms with Crippen molar-refractivity contribution in [1.29, 1.82) is 0 Å². The molecule has 0 spiro atoms. The lowest BCUT2D eigenvalue weighted by Crippen LogP contribution is -2.11. The van der Waals surface area contributed by atoms with Crippen LogP contribution in [0.2, 0.25) is 0 Å². The van der Waals surface area contributed by atoms with Crippen molar-refractivity contribution >= 4 is 99.5 Å². The Morgan fingerprint density at radius 2 is 0.526 bits per heavy atom. The van der Waals surface area contributed by atoms with E-state index in [9.17, 15) is 0 Å². The van der Waals surface area contributed by atoms with E-state index in [1.165, 1.54) is 11.1 Å². The molecule has 15 rings (SSSR count). The summed E-state index contributed by atoms with van der Waals surface area (Å²) in [6.07, 6.45) is 0. The molecule has 0 N–H and O–H groups in total. The van der Waals surface area contributed by atoms with Crippen molar-refractivity contribution in [3.63, 3.8) is 0 Å². The average Bonchev–Trinajstić information content (AvgIpc) is 4.14. The van der Waals surface area contributed by atoms with Crippen molar-refractivity contribution < 1.29 is 8.83 Å². The standard InChI is InChI=1S/C74H48N2O2/c1-5-19-49(20-6-1)51-35-39-55(40-36-51)75(67-31-17-29-63-59-27-13-15-33-69(59)77-73(63)67)57-43-45-61-65(47-57)71(53-23-9-3-10-24-53)62-46-44-58(48-66(62)72(61)54-25-11-4-12-26-54)76(56-41-37-52(38-42-56)50-21-7-2-8-22-50)68-32-18-30-64-60-28-14-16-34-70(60)78-74(64)68/h1-48H. The summed E-state index contributed by atoms with van der Waals surface area (Å²) in [4.78, 5) is 4.73. The van der Waals surface area contributed by atoms with Gasteiger partial charge in [-0.25, -0.2) is 0 Å². The fourth-order valence-electron chi connectivity index (χ4n) is 11.9. The van der Waals surface area contributed by atoms with Gasteiger partial charge in [-0.3, -0.25) is 0 Å². The minimum atomic E-state index is 0.836. The number of rotatable bonds is 10. The quantitative estimate of drug-likeness (QED) is 0.128. The molecule has 78 heavy (non-hydrogen) atoms. The summed E-state index contributed by atoms with van der Waals surface area (Å²) in [5, 5.41) is 8.90. The maximum atomic E-state index is 6.82. The van der Waals surface area contributed by atoms with Crippen molar-refractivity contribution in [3.8, 4) is 44.5 Å². The third-order valence-electron chi connectivity index (χ3n) is 15.4. The zero-order valence-electron chi connectivity index (χ0n) is 42.4. The van der Waals surface area contributed by atoms with Gasteiger partial charge in [0, 0.05) is 44.3 Å². The summed E-state index contributed by atoms with van der Waals surface area (Å²) < 4.78 is 13.6. The van der Waals surface area contributed by atoms with Gasteiger partial charge in [-0.1, -0.05) is 218 Å². The van der Waals surface area contributed by atoms with Crippen LogP contribution < -0.4 is 9.80 Å². The van der Waals surface area contributed by atoms with Gasteiger partial charge in [0.15, 0.2) is 11.2 Å². The third-order valence-corrected chi connectivity index (χ3v) is 15.4. The molecule has 0 saturated heterocycles. The van der Waals surface area contributed by atoms with Crippen molar-refractivity contribution in [2.24, 2.45) is 0 Å². The number of fused-ring (bicyclic) bond motifs is 8. The van der Waals surface area contributed by atoms with Gasteiger partial charge in [0.05, 0.1) is 11.4 Å². The summed E-state index contributed by atoms with van der Waals surface area (Å²) >= 11 is 0. The third kappa shape index (κ3) is 7.61. The number of benzene rings is 13. The molecule has 366 valence electrons. The maximum absolute atomic E-state index is 6.82. The average molecular weight is 997 g/mol. The van der Waals surface area contributed by atoms with Gasteiger partial charge >= 0.3 is 0 Å². The molecule has 0 aliphatic heterocycles. The van der Waals surface area contributed by atoms with E-state index in [0.29, 0.717) is 0 Å². The van der Waals surface area contributed by atoms with Gasteiger partial charge in [-0.2, -0.15) is 0 Å². The maximum Gasteiger partial charge on any atom is 0.159 e. The fraction of sp³-hybridized carbons (Fsp3) is 0. The largest absolute Gasteiger partial charge is 0.454 e. The Morgan fingerprint density at radius 1 is 0.205 bits per heavy atom. The molecule has 0 radical (unpaired) electrons. The summed E-state index contributed by atoms with van der Waals surface area (Å²) in [5.41, 5.74) is 18.6. The zero-order valence-corrected chi connectivity index (χ0v) is 42.4. The van der Waals surface area contributed by atoms with Crippen LogP contribution in [0.15, 0.2) is 300 Å². The van der Waals surface area contributed by atoms with Gasteiger partial charge in [0.1, 0.15) is 11.2 Å². The van der Waals surface area contributed by atoms with E-state index < -0.39 is 0 Å². The molecule has 2 aromatic heterocycles. The Kier molecular flexibility index (Phi) is 10.8. The second-order valence-electron chi connectivity index (χ2n) is 19.9. The SMILES string of the molecule is c1ccc(-c2ccc(N(c3ccc4c(-c5ccccc5)c5cc(N(c6ccc(-c7ccccc7)cc6)c6cccc7c6oc6ccccc67)ccc5c(-c5ccccc5)c4c3)c3cccc4c3oc3ccccc34)cc2)cc1. The van der Waals surface area contributed by atoms with E-state index in [0.717, 1.165) is 133 Å². The summed E-state index contributed by atoms with van der Waals surface area (Å²) in [6, 6.07) is 104. The molecular formula is C74H48N2O2. The van der Waals surface area contributed by atoms with Gasteiger partial charge in [-0.05, 0) is 139 Å². The van der Waals surface area contributed by atoms with Gasteiger partial charge in [-0.15, -0.1) is 0 Å². The first-order chi connectivity index (χ1) is 38.7. The number of furan rings is 2. The first-order valence-corrected chi connectivity index (χ1v) is 26.6. The molecule has 15 aromatic rings. The van der Waals surface area contributed by atoms with Crippen LogP contribution in [-0.2, 0) is 0 Å². The lowest BCUT2D eigenvalue weighted by molar-refractivity contribution is 0.668. The zero-order chi connectivity index (χ0) is 51.5. The van der Waals surface area contributed by atoms with Crippen LogP contribution in [0.4, 0.5) is 34.1 Å². The van der Waals surface area contributed by atoms with E-state index >= 15 is 0 Å². The van der Waals surface area contributed by atoms with Gasteiger partial charge in [0.25, 0.3) is 0 Å². The molecule has 4 heteroatoms. The normalized spacial score (nSPS) is 11.6. The van der Waals surface area contributed by atoms with E-state index in [1.54, 1.807) is 0 Å². The monoisotopic (exact) mass is 996 g/mol. The minimum absolute atomic E-state index is 0.836. The predicted molar refractivity (Wildman–Crippen MR) is 327 cm³/mol. The predicted octanol–water partition coefficient (Wildman–Crippen LogP) is 21.4. The van der Waals surface area contributed by atoms with E-state index in [1.807, 2.05) is 12.1 Å². The Labute approximate surface area is 451 Å². The van der Waals surface area contributed by atoms with E-state index in [2.05, 4.69) is 289 Å². The molecule has 0 unspecified atom stereocenters. The highest BCUT2D eigenvalue weighted by atomic mass is 16.3. The lowest BCUT2D eigenvalue weighted by Gasteiger charge is -2.28. The highest BCUT2D eigenvalue weighted by Crippen LogP contribution is 2.50. The van der Waals surface area contributed by atoms with Crippen molar-refractivity contribution in [1.82, 2.24) is 0 Å². The molecule has 13 aromatic carbocycles. The van der Waals surface area contributed by atoms with E-state index in [-0.39, 0.29) is 0 Å². The first kappa shape index (κ1) is 45.0. The molecule has 0 fully saturated rings.